The standard InChI is InChI=1S/C22H11B7ClF2N3O4/c23-14(35(29)18(39)19(31,32)11-2-4-12(30)5-3-11)9-1-6-13-10(7-9)8-34(15(13)36)21(26)17(38)33-16(37)20(24,25)22(21,27)28/h1-7,14H,8H2,(H,33,37,38)/t14?,21-/m0/s1. The first-order valence-electron chi connectivity index (χ1n) is 11.1. The first-order chi connectivity index (χ1) is 17.9. The van der Waals surface area contributed by atoms with Gasteiger partial charge in [0.2, 0.25) is 19.8 Å². The maximum Gasteiger partial charge on any atom is 0.348 e. The van der Waals surface area contributed by atoms with Crippen molar-refractivity contribution in [2.75, 3.05) is 0 Å². The van der Waals surface area contributed by atoms with E-state index in [9.17, 15) is 28.0 Å². The number of carbonyl (C=O) groups is 4. The highest BCUT2D eigenvalue weighted by molar-refractivity contribution is 6.66. The Morgan fingerprint density at radius 1 is 1.03 bits per heavy atom. The van der Waals surface area contributed by atoms with Gasteiger partial charge in [-0.15, -0.1) is 0 Å². The van der Waals surface area contributed by atoms with Crippen LogP contribution < -0.4 is 5.32 Å². The lowest BCUT2D eigenvalue weighted by molar-refractivity contribution is -0.154. The molecule has 7 nitrogen and oxygen atoms in total. The van der Waals surface area contributed by atoms with Gasteiger partial charge in [-0.1, -0.05) is 41.1 Å². The number of benzene rings is 2. The van der Waals surface area contributed by atoms with E-state index in [1.807, 2.05) is 5.32 Å². The van der Waals surface area contributed by atoms with Crippen LogP contribution in [-0.4, -0.2) is 93.8 Å². The van der Waals surface area contributed by atoms with E-state index in [-0.39, 0.29) is 26.5 Å². The predicted octanol–water partition coefficient (Wildman–Crippen LogP) is -0.405. The average Bonchev–Trinajstić information content (AvgIpc) is 3.21. The lowest BCUT2D eigenvalue weighted by Crippen LogP contribution is -2.75. The second kappa shape index (κ2) is 9.35. The number of fused-ring (bicyclic) bond motifs is 1. The molecule has 0 aromatic heterocycles. The van der Waals surface area contributed by atoms with E-state index in [0.29, 0.717) is 0 Å². The fourth-order valence-electron chi connectivity index (χ4n) is 4.38. The third kappa shape index (κ3) is 4.17. The van der Waals surface area contributed by atoms with E-state index < -0.39 is 63.5 Å². The summed E-state index contributed by atoms with van der Waals surface area (Å²) in [5.74, 6) is -10.7. The number of piperidine rings is 1. The molecule has 2 aliphatic heterocycles. The molecular weight excluding hydrogens is 519 g/mol. The molecule has 17 heteroatoms. The highest BCUT2D eigenvalue weighted by Crippen LogP contribution is 2.55. The molecule has 0 spiro atoms. The zero-order valence-electron chi connectivity index (χ0n) is 20.0. The summed E-state index contributed by atoms with van der Waals surface area (Å²) >= 11 is 5.72. The van der Waals surface area contributed by atoms with Crippen molar-refractivity contribution in [2.24, 2.45) is 0 Å². The summed E-state index contributed by atoms with van der Waals surface area (Å²) in [5.41, 5.74) is -2.99. The number of nitrogens with zero attached hydrogens (tertiary/aromatic N) is 2. The molecule has 2 atom stereocenters. The number of halogens is 3. The summed E-state index contributed by atoms with van der Waals surface area (Å²) < 4.78 is 29.7. The van der Waals surface area contributed by atoms with Crippen LogP contribution in [0.1, 0.15) is 33.0 Å². The molecule has 2 aromatic rings. The number of nitrogens with one attached hydrogen (secondary N) is 1. The molecule has 14 radical (unpaired) electrons. The van der Waals surface area contributed by atoms with E-state index >= 15 is 0 Å². The van der Waals surface area contributed by atoms with Crippen LogP contribution in [0.2, 0.25) is 15.5 Å². The summed E-state index contributed by atoms with van der Waals surface area (Å²) in [7, 11) is 41.5. The van der Waals surface area contributed by atoms with Gasteiger partial charge in [0, 0.05) is 28.6 Å². The SMILES string of the molecule is [B]C(c1ccc2c(c1)CN([C@@]1([B])C(=O)NC(=O)C([B])([B])C1([B])[B])C2=O)N([B])C(=O)C(F)(F)c1ccc(Cl)cc1. The molecule has 4 rings (SSSR count). The lowest BCUT2D eigenvalue weighted by atomic mass is 9.21. The number of imide groups is 1. The fraction of sp³-hybridized carbons (Fsp3) is 0.273. The summed E-state index contributed by atoms with van der Waals surface area (Å²) in [6, 6.07) is 8.13. The summed E-state index contributed by atoms with van der Waals surface area (Å²) in [6.07, 6.45) is 0. The second-order valence-electron chi connectivity index (χ2n) is 9.33. The van der Waals surface area contributed by atoms with E-state index in [4.69, 9.17) is 66.7 Å². The van der Waals surface area contributed by atoms with Crippen molar-refractivity contribution in [3.63, 3.8) is 0 Å². The van der Waals surface area contributed by atoms with Gasteiger partial charge >= 0.3 is 5.92 Å². The van der Waals surface area contributed by atoms with Gasteiger partial charge in [-0.2, -0.15) is 8.78 Å². The number of carbonyl (C=O) groups excluding carboxylic acids is 4. The van der Waals surface area contributed by atoms with Crippen molar-refractivity contribution in [3.8, 4) is 0 Å². The largest absolute Gasteiger partial charge is 0.393 e. The van der Waals surface area contributed by atoms with Crippen LogP contribution in [0, 0.1) is 0 Å². The molecule has 1 fully saturated rings. The fourth-order valence-corrected chi connectivity index (χ4v) is 4.51. The molecule has 2 aliphatic rings. The minimum atomic E-state index is -4.04. The number of hydrogen-bond acceptors (Lipinski definition) is 4. The number of alkyl halides is 2. The summed E-state index contributed by atoms with van der Waals surface area (Å²) in [4.78, 5) is 51.7. The third-order valence-corrected chi connectivity index (χ3v) is 7.23. The molecule has 1 saturated heterocycles. The van der Waals surface area contributed by atoms with E-state index in [1.165, 1.54) is 30.3 Å². The van der Waals surface area contributed by atoms with Crippen LogP contribution in [0.3, 0.4) is 0 Å². The molecule has 2 heterocycles. The highest BCUT2D eigenvalue weighted by atomic mass is 35.5. The number of rotatable bonds is 5. The molecule has 1 unspecified atom stereocenters. The van der Waals surface area contributed by atoms with Gasteiger partial charge < -0.3 is 9.71 Å². The van der Waals surface area contributed by atoms with Crippen molar-refractivity contribution >= 4 is 90.3 Å². The molecule has 0 bridgehead atoms. The monoisotopic (exact) mass is 531 g/mol. The summed E-state index contributed by atoms with van der Waals surface area (Å²) in [6.45, 7) is -0.404. The topological polar surface area (TPSA) is 86.8 Å². The van der Waals surface area contributed by atoms with Crippen molar-refractivity contribution in [2.45, 2.75) is 34.3 Å². The van der Waals surface area contributed by atoms with Crippen molar-refractivity contribution in [3.05, 3.63) is 69.7 Å². The Kier molecular flexibility index (Phi) is 6.98. The van der Waals surface area contributed by atoms with E-state index in [0.717, 1.165) is 17.0 Å². The van der Waals surface area contributed by atoms with Crippen LogP contribution in [0.15, 0.2) is 42.5 Å². The Morgan fingerprint density at radius 3 is 2.21 bits per heavy atom. The van der Waals surface area contributed by atoms with Crippen molar-refractivity contribution in [1.82, 2.24) is 15.0 Å². The Hall–Kier alpha value is -2.88. The van der Waals surface area contributed by atoms with Crippen LogP contribution in [-0.2, 0) is 26.9 Å². The van der Waals surface area contributed by atoms with Crippen LogP contribution in [0.25, 0.3) is 0 Å². The molecular formula is C22H11B7ClF2N3O4. The predicted molar refractivity (Wildman–Crippen MR) is 143 cm³/mol. The maximum absolute atomic E-state index is 14.8. The van der Waals surface area contributed by atoms with Gasteiger partial charge in [-0.3, -0.25) is 24.5 Å². The van der Waals surface area contributed by atoms with Crippen molar-refractivity contribution in [1.29, 1.82) is 0 Å². The van der Waals surface area contributed by atoms with Gasteiger partial charge in [0.05, 0.1) is 36.8 Å². The quantitative estimate of drug-likeness (QED) is 0.421. The van der Waals surface area contributed by atoms with Gasteiger partial charge in [0.1, 0.15) is 15.7 Å². The average molecular weight is 530 g/mol. The number of amides is 4. The maximum atomic E-state index is 14.8. The Balaban J connectivity index is 1.62. The Labute approximate surface area is 237 Å². The van der Waals surface area contributed by atoms with Crippen LogP contribution in [0.4, 0.5) is 8.78 Å². The van der Waals surface area contributed by atoms with Crippen molar-refractivity contribution < 1.29 is 28.0 Å². The normalized spacial score (nSPS) is 22.6. The molecule has 4 amide bonds. The molecule has 180 valence electrons. The summed E-state index contributed by atoms with van der Waals surface area (Å²) in [5, 5.41) is -3.15. The van der Waals surface area contributed by atoms with Gasteiger partial charge in [-0.05, 0) is 34.5 Å². The first kappa shape index (κ1) is 29.1. The second-order valence-corrected chi connectivity index (χ2v) is 9.77. The first-order valence-corrected chi connectivity index (χ1v) is 11.5. The third-order valence-electron chi connectivity index (χ3n) is 6.97. The minimum absolute atomic E-state index is 0.0114. The molecule has 39 heavy (non-hydrogen) atoms. The lowest BCUT2D eigenvalue weighted by Gasteiger charge is -2.60. The van der Waals surface area contributed by atoms with E-state index in [2.05, 4.69) is 0 Å². The van der Waals surface area contributed by atoms with Gasteiger partial charge in [0.25, 0.3) is 11.8 Å². The molecule has 0 saturated carbocycles. The van der Waals surface area contributed by atoms with Crippen LogP contribution in [0.5, 0.6) is 0 Å². The zero-order chi connectivity index (χ0) is 29.3. The molecule has 1 N–H and O–H groups in total. The van der Waals surface area contributed by atoms with Gasteiger partial charge in [-0.25, -0.2) is 0 Å². The number of hydrogen-bond donors (Lipinski definition) is 1. The van der Waals surface area contributed by atoms with Gasteiger partial charge in [0.15, 0.2) is 0 Å². The zero-order valence-corrected chi connectivity index (χ0v) is 20.8. The molecule has 0 aliphatic carbocycles. The van der Waals surface area contributed by atoms with Crippen LogP contribution >= 0.6 is 11.6 Å². The molecule has 2 aromatic carbocycles. The Bertz CT molecular complexity index is 1410. The highest BCUT2D eigenvalue weighted by Gasteiger charge is 2.63. The Morgan fingerprint density at radius 2 is 1.62 bits per heavy atom. The smallest absolute Gasteiger partial charge is 0.348 e. The minimum Gasteiger partial charge on any atom is -0.393 e. The van der Waals surface area contributed by atoms with E-state index in [1.54, 1.807) is 0 Å².